The van der Waals surface area contributed by atoms with Crippen LogP contribution in [0.5, 0.6) is 0 Å². The van der Waals surface area contributed by atoms with E-state index in [0.29, 0.717) is 0 Å². The number of aryl methyl sites for hydroxylation is 1. The molecule has 0 aromatic heterocycles. The Morgan fingerprint density at radius 3 is 2.50 bits per heavy atom. The van der Waals surface area contributed by atoms with E-state index >= 15 is 0 Å². The highest BCUT2D eigenvalue weighted by Crippen LogP contribution is 2.31. The quantitative estimate of drug-likeness (QED) is 0.898. The molecular weight excluding hydrogens is 270 g/mol. The maximum absolute atomic E-state index is 9.85. The first-order chi connectivity index (χ1) is 10.7. The smallest absolute Gasteiger partial charge is 0.146 e. The largest absolute Gasteiger partial charge is 0.370 e. The number of unbranched alkanes of at least 4 members (excludes halogenated alkanes) is 1. The van der Waals surface area contributed by atoms with Gasteiger partial charge in [0.05, 0.1) is 0 Å². The van der Waals surface area contributed by atoms with Crippen molar-refractivity contribution in [2.45, 2.75) is 32.4 Å². The van der Waals surface area contributed by atoms with Crippen LogP contribution in [-0.2, 0) is 6.42 Å². The van der Waals surface area contributed by atoms with Crippen molar-refractivity contribution in [3.05, 3.63) is 59.7 Å². The Hall–Kier alpha value is -2.06. The normalized spacial score (nSPS) is 16.7. The molecule has 0 amide bonds. The number of anilines is 1. The molecule has 3 rings (SSSR count). The molecule has 1 unspecified atom stereocenters. The second-order valence-electron chi connectivity index (χ2n) is 5.96. The van der Waals surface area contributed by atoms with Crippen LogP contribution < -0.4 is 4.90 Å². The lowest BCUT2D eigenvalue weighted by molar-refractivity contribution is 0.223. The minimum absolute atomic E-state index is 0.531. The molecule has 0 fully saturated rings. The lowest BCUT2D eigenvalue weighted by atomic mass is 9.98. The third-order valence-corrected chi connectivity index (χ3v) is 4.36. The topological polar surface area (TPSA) is 23.5 Å². The molecule has 22 heavy (non-hydrogen) atoms. The molecule has 0 spiro atoms. The predicted octanol–water partition coefficient (Wildman–Crippen LogP) is 4.48. The molecule has 1 heterocycles. The number of fused-ring (bicyclic) bond motifs is 1. The Balaban J connectivity index is 1.86. The molecule has 2 nitrogen and oxygen atoms in total. The molecular formula is C20H23NO. The van der Waals surface area contributed by atoms with Crippen molar-refractivity contribution >= 4 is 11.8 Å². The van der Waals surface area contributed by atoms with E-state index in [0.717, 1.165) is 17.7 Å². The zero-order chi connectivity index (χ0) is 15.5. The minimum Gasteiger partial charge on any atom is -0.370 e. The van der Waals surface area contributed by atoms with Gasteiger partial charge in [0.15, 0.2) is 0 Å². The molecule has 1 aliphatic rings. The van der Waals surface area contributed by atoms with E-state index in [1.54, 1.807) is 0 Å². The van der Waals surface area contributed by atoms with E-state index in [4.69, 9.17) is 0 Å². The second kappa shape index (κ2) is 6.37. The standard InChI is InChI=1S/C20H23NO/c1-3-4-5-15-6-8-16(9-7-15)17-10-12-19-18(14-17)11-13-20(22)21(19)2/h6-14,20,22H,3-5H2,1-2H3. The molecule has 2 heteroatoms. The molecule has 1 aliphatic heterocycles. The first kappa shape index (κ1) is 14.9. The van der Waals surface area contributed by atoms with Gasteiger partial charge in [0.2, 0.25) is 0 Å². The fourth-order valence-corrected chi connectivity index (χ4v) is 2.89. The van der Waals surface area contributed by atoms with Crippen LogP contribution in [0, 0.1) is 0 Å². The van der Waals surface area contributed by atoms with Crippen LogP contribution >= 0.6 is 0 Å². The van der Waals surface area contributed by atoms with E-state index in [1.807, 2.05) is 24.1 Å². The first-order valence-corrected chi connectivity index (χ1v) is 8.01. The van der Waals surface area contributed by atoms with Gasteiger partial charge in [-0.1, -0.05) is 49.8 Å². The molecule has 0 saturated carbocycles. The first-order valence-electron chi connectivity index (χ1n) is 8.01. The van der Waals surface area contributed by atoms with Gasteiger partial charge in [0.1, 0.15) is 6.23 Å². The van der Waals surface area contributed by atoms with Crippen molar-refractivity contribution in [3.8, 4) is 11.1 Å². The van der Waals surface area contributed by atoms with Gasteiger partial charge in [-0.05, 0) is 53.3 Å². The second-order valence-corrected chi connectivity index (χ2v) is 5.96. The maximum atomic E-state index is 9.85. The molecule has 1 N–H and O–H groups in total. The maximum Gasteiger partial charge on any atom is 0.146 e. The van der Waals surface area contributed by atoms with Gasteiger partial charge in [0.25, 0.3) is 0 Å². The van der Waals surface area contributed by atoms with Gasteiger partial charge in [-0.2, -0.15) is 0 Å². The number of nitrogens with zero attached hydrogens (tertiary/aromatic N) is 1. The summed E-state index contributed by atoms with van der Waals surface area (Å²) in [6, 6.07) is 15.3. The van der Waals surface area contributed by atoms with Gasteiger partial charge < -0.3 is 10.0 Å². The average molecular weight is 293 g/mol. The predicted molar refractivity (Wildman–Crippen MR) is 93.9 cm³/mol. The summed E-state index contributed by atoms with van der Waals surface area (Å²) < 4.78 is 0. The average Bonchev–Trinajstić information content (AvgIpc) is 2.56. The number of rotatable bonds is 4. The number of aliphatic hydroxyl groups is 1. The van der Waals surface area contributed by atoms with Crippen LogP contribution in [0.3, 0.4) is 0 Å². The third kappa shape index (κ3) is 2.93. The fraction of sp³-hybridized carbons (Fsp3) is 0.300. The lowest BCUT2D eigenvalue weighted by Gasteiger charge is -2.28. The van der Waals surface area contributed by atoms with Crippen LogP contribution in [0.1, 0.15) is 30.9 Å². The highest BCUT2D eigenvalue weighted by Gasteiger charge is 2.16. The summed E-state index contributed by atoms with van der Waals surface area (Å²) in [6.45, 7) is 2.23. The van der Waals surface area contributed by atoms with Gasteiger partial charge in [-0.3, -0.25) is 0 Å². The van der Waals surface area contributed by atoms with Crippen molar-refractivity contribution in [2.24, 2.45) is 0 Å². The summed E-state index contributed by atoms with van der Waals surface area (Å²) in [4.78, 5) is 1.88. The van der Waals surface area contributed by atoms with Crippen LogP contribution in [0.4, 0.5) is 5.69 Å². The number of hydrogen-bond donors (Lipinski definition) is 1. The number of benzene rings is 2. The van der Waals surface area contributed by atoms with Crippen molar-refractivity contribution in [3.63, 3.8) is 0 Å². The van der Waals surface area contributed by atoms with E-state index in [1.165, 1.54) is 29.5 Å². The van der Waals surface area contributed by atoms with Crippen LogP contribution in [0.15, 0.2) is 48.5 Å². The molecule has 1 atom stereocenters. The van der Waals surface area contributed by atoms with Crippen LogP contribution in [-0.4, -0.2) is 18.4 Å². The zero-order valence-corrected chi connectivity index (χ0v) is 13.3. The molecule has 2 aromatic rings. The van der Waals surface area contributed by atoms with Gasteiger partial charge >= 0.3 is 0 Å². The molecule has 114 valence electrons. The van der Waals surface area contributed by atoms with Gasteiger partial charge in [-0.15, -0.1) is 0 Å². The molecule has 0 radical (unpaired) electrons. The highest BCUT2D eigenvalue weighted by atomic mass is 16.3. The monoisotopic (exact) mass is 293 g/mol. The zero-order valence-electron chi connectivity index (χ0n) is 13.3. The van der Waals surface area contributed by atoms with E-state index in [-0.39, 0.29) is 0 Å². The summed E-state index contributed by atoms with van der Waals surface area (Å²) in [5, 5.41) is 9.85. The van der Waals surface area contributed by atoms with E-state index in [9.17, 15) is 5.11 Å². The summed E-state index contributed by atoms with van der Waals surface area (Å²) in [7, 11) is 1.91. The van der Waals surface area contributed by atoms with Crippen molar-refractivity contribution in [1.82, 2.24) is 0 Å². The molecule has 0 saturated heterocycles. The van der Waals surface area contributed by atoms with Crippen LogP contribution in [0.25, 0.3) is 17.2 Å². The molecule has 2 aromatic carbocycles. The minimum atomic E-state index is -0.531. The Labute approximate surface area is 132 Å². The number of aliphatic hydroxyl groups excluding tert-OH is 1. The Morgan fingerprint density at radius 1 is 1.05 bits per heavy atom. The van der Waals surface area contributed by atoms with Crippen molar-refractivity contribution in [1.29, 1.82) is 0 Å². The number of hydrogen-bond acceptors (Lipinski definition) is 2. The van der Waals surface area contributed by atoms with E-state index < -0.39 is 6.23 Å². The van der Waals surface area contributed by atoms with Gasteiger partial charge in [-0.25, -0.2) is 0 Å². The Morgan fingerprint density at radius 2 is 1.77 bits per heavy atom. The summed E-state index contributed by atoms with van der Waals surface area (Å²) in [5.41, 5.74) is 6.09. The molecule has 0 aliphatic carbocycles. The van der Waals surface area contributed by atoms with Gasteiger partial charge in [0, 0.05) is 12.7 Å². The van der Waals surface area contributed by atoms with Crippen molar-refractivity contribution in [2.75, 3.05) is 11.9 Å². The Bertz CT molecular complexity index is 673. The molecule has 0 bridgehead atoms. The third-order valence-electron chi connectivity index (χ3n) is 4.36. The summed E-state index contributed by atoms with van der Waals surface area (Å²) >= 11 is 0. The Kier molecular flexibility index (Phi) is 4.30. The fourth-order valence-electron chi connectivity index (χ4n) is 2.89. The highest BCUT2D eigenvalue weighted by molar-refractivity contribution is 5.77. The van der Waals surface area contributed by atoms with Crippen molar-refractivity contribution < 1.29 is 5.11 Å². The van der Waals surface area contributed by atoms with Crippen LogP contribution in [0.2, 0.25) is 0 Å². The lowest BCUT2D eigenvalue weighted by Crippen LogP contribution is -2.31. The SMILES string of the molecule is CCCCc1ccc(-c2ccc3c(c2)C=CC(O)N3C)cc1. The summed E-state index contributed by atoms with van der Waals surface area (Å²) in [5.74, 6) is 0. The van der Waals surface area contributed by atoms with E-state index in [2.05, 4.69) is 49.4 Å². The number of likely N-dealkylation sites (N-methyl/N-ethyl adjacent to an activating group) is 1. The summed E-state index contributed by atoms with van der Waals surface area (Å²) in [6.07, 6.45) is 6.93.